The van der Waals surface area contributed by atoms with Crippen LogP contribution in [0.15, 0.2) is 23.7 Å². The van der Waals surface area contributed by atoms with Crippen LogP contribution in [0.2, 0.25) is 0 Å². The van der Waals surface area contributed by atoms with Crippen molar-refractivity contribution in [1.82, 2.24) is 9.36 Å². The SMILES string of the molecule is COc1ccc(NC(=O)c2csnc2C)cn1. The molecule has 88 valence electrons. The van der Waals surface area contributed by atoms with E-state index >= 15 is 0 Å². The number of methoxy groups -OCH3 is 1. The highest BCUT2D eigenvalue weighted by Gasteiger charge is 2.11. The van der Waals surface area contributed by atoms with E-state index < -0.39 is 0 Å². The summed E-state index contributed by atoms with van der Waals surface area (Å²) in [5.41, 5.74) is 1.95. The molecule has 2 aromatic heterocycles. The Hall–Kier alpha value is -1.95. The van der Waals surface area contributed by atoms with Gasteiger partial charge < -0.3 is 10.1 Å². The summed E-state index contributed by atoms with van der Waals surface area (Å²) >= 11 is 1.26. The first kappa shape index (κ1) is 11.5. The quantitative estimate of drug-likeness (QED) is 0.904. The lowest BCUT2D eigenvalue weighted by Gasteiger charge is -2.04. The second kappa shape index (κ2) is 4.92. The number of nitrogens with zero attached hydrogens (tertiary/aromatic N) is 2. The Balaban J connectivity index is 2.10. The number of carbonyl (C=O) groups is 1. The molecule has 1 N–H and O–H groups in total. The van der Waals surface area contributed by atoms with Crippen molar-refractivity contribution >= 4 is 23.1 Å². The minimum absolute atomic E-state index is 0.178. The van der Waals surface area contributed by atoms with E-state index in [4.69, 9.17) is 4.74 Å². The number of carbonyl (C=O) groups excluding carboxylic acids is 1. The van der Waals surface area contributed by atoms with Gasteiger partial charge in [-0.05, 0) is 24.5 Å². The Morgan fingerprint density at radius 2 is 2.29 bits per heavy atom. The number of nitrogens with one attached hydrogen (secondary N) is 1. The molecule has 0 bridgehead atoms. The summed E-state index contributed by atoms with van der Waals surface area (Å²) in [7, 11) is 1.54. The lowest BCUT2D eigenvalue weighted by atomic mass is 10.2. The van der Waals surface area contributed by atoms with E-state index in [1.165, 1.54) is 11.5 Å². The van der Waals surface area contributed by atoms with E-state index in [1.54, 1.807) is 37.7 Å². The van der Waals surface area contributed by atoms with E-state index in [1.807, 2.05) is 0 Å². The number of aromatic nitrogens is 2. The summed E-state index contributed by atoms with van der Waals surface area (Å²) in [4.78, 5) is 15.9. The molecule has 5 nitrogen and oxygen atoms in total. The molecular formula is C11H11N3O2S. The fourth-order valence-corrected chi connectivity index (χ4v) is 1.98. The maximum Gasteiger partial charge on any atom is 0.258 e. The molecule has 0 atom stereocenters. The van der Waals surface area contributed by atoms with Gasteiger partial charge in [0.2, 0.25) is 5.88 Å². The predicted molar refractivity (Wildman–Crippen MR) is 65.6 cm³/mol. The Kier molecular flexibility index (Phi) is 3.34. The Bertz CT molecular complexity index is 522. The molecular weight excluding hydrogens is 238 g/mol. The van der Waals surface area contributed by atoms with E-state index in [0.717, 1.165) is 5.69 Å². The number of amides is 1. The van der Waals surface area contributed by atoms with Gasteiger partial charge in [0.15, 0.2) is 0 Å². The van der Waals surface area contributed by atoms with Crippen LogP contribution in [0.1, 0.15) is 16.1 Å². The lowest BCUT2D eigenvalue weighted by Crippen LogP contribution is -2.12. The van der Waals surface area contributed by atoms with Crippen LogP contribution < -0.4 is 10.1 Å². The van der Waals surface area contributed by atoms with E-state index in [2.05, 4.69) is 14.7 Å². The van der Waals surface area contributed by atoms with Crippen molar-refractivity contribution in [1.29, 1.82) is 0 Å². The number of hydrogen-bond acceptors (Lipinski definition) is 5. The van der Waals surface area contributed by atoms with Crippen LogP contribution in [-0.4, -0.2) is 22.4 Å². The average molecular weight is 249 g/mol. The lowest BCUT2D eigenvalue weighted by molar-refractivity contribution is 0.102. The van der Waals surface area contributed by atoms with Crippen LogP contribution in [0.3, 0.4) is 0 Å². The average Bonchev–Trinajstić information content (AvgIpc) is 2.76. The third-order valence-electron chi connectivity index (χ3n) is 2.20. The van der Waals surface area contributed by atoms with Gasteiger partial charge in [0.1, 0.15) is 0 Å². The molecule has 0 saturated heterocycles. The van der Waals surface area contributed by atoms with E-state index in [0.29, 0.717) is 17.1 Å². The van der Waals surface area contributed by atoms with Gasteiger partial charge in [-0.25, -0.2) is 4.98 Å². The molecule has 0 aliphatic heterocycles. The number of ether oxygens (including phenoxy) is 1. The molecule has 2 rings (SSSR count). The molecule has 0 spiro atoms. The van der Waals surface area contributed by atoms with E-state index in [9.17, 15) is 4.79 Å². The van der Waals surface area contributed by atoms with Gasteiger partial charge in [0.25, 0.3) is 5.91 Å². The van der Waals surface area contributed by atoms with Gasteiger partial charge in [-0.1, -0.05) is 0 Å². The van der Waals surface area contributed by atoms with E-state index in [-0.39, 0.29) is 5.91 Å². The predicted octanol–water partition coefficient (Wildman–Crippen LogP) is 2.11. The van der Waals surface area contributed by atoms with Gasteiger partial charge in [-0.3, -0.25) is 4.79 Å². The highest BCUT2D eigenvalue weighted by atomic mass is 32.1. The minimum atomic E-state index is -0.178. The number of rotatable bonds is 3. The molecule has 0 fully saturated rings. The summed E-state index contributed by atoms with van der Waals surface area (Å²) in [6, 6.07) is 3.42. The first-order chi connectivity index (χ1) is 8.20. The van der Waals surface area contributed by atoms with Crippen LogP contribution in [-0.2, 0) is 0 Å². The molecule has 6 heteroatoms. The van der Waals surface area contributed by atoms with Gasteiger partial charge in [0, 0.05) is 11.4 Å². The van der Waals surface area contributed by atoms with Crippen LogP contribution in [0.25, 0.3) is 0 Å². The fraction of sp³-hybridized carbons (Fsp3) is 0.182. The summed E-state index contributed by atoms with van der Waals surface area (Å²) in [6.07, 6.45) is 1.55. The monoisotopic (exact) mass is 249 g/mol. The van der Waals surface area contributed by atoms with Crippen LogP contribution in [0.5, 0.6) is 5.88 Å². The van der Waals surface area contributed by atoms with Crippen LogP contribution >= 0.6 is 11.5 Å². The third kappa shape index (κ3) is 2.59. The maximum atomic E-state index is 11.8. The largest absolute Gasteiger partial charge is 0.481 e. The molecule has 17 heavy (non-hydrogen) atoms. The van der Waals surface area contributed by atoms with Crippen molar-refractivity contribution in [3.05, 3.63) is 35.0 Å². The zero-order chi connectivity index (χ0) is 12.3. The molecule has 0 radical (unpaired) electrons. The second-order valence-electron chi connectivity index (χ2n) is 3.36. The molecule has 2 heterocycles. The standard InChI is InChI=1S/C11H11N3O2S/c1-7-9(6-17-14-7)11(15)13-8-3-4-10(16-2)12-5-8/h3-6H,1-2H3,(H,13,15). The smallest absolute Gasteiger partial charge is 0.258 e. The molecule has 0 aliphatic carbocycles. The Labute approximate surface area is 103 Å². The normalized spacial score (nSPS) is 10.0. The van der Waals surface area contributed by atoms with Crippen molar-refractivity contribution in [3.63, 3.8) is 0 Å². The van der Waals surface area contributed by atoms with Crippen molar-refractivity contribution in [2.45, 2.75) is 6.92 Å². The summed E-state index contributed by atoms with van der Waals surface area (Å²) in [5, 5.41) is 4.47. The summed E-state index contributed by atoms with van der Waals surface area (Å²) in [6.45, 7) is 1.80. The summed E-state index contributed by atoms with van der Waals surface area (Å²) in [5.74, 6) is 0.333. The fourth-order valence-electron chi connectivity index (χ4n) is 1.28. The van der Waals surface area contributed by atoms with Crippen molar-refractivity contribution in [2.24, 2.45) is 0 Å². The highest BCUT2D eigenvalue weighted by Crippen LogP contribution is 2.14. The third-order valence-corrected chi connectivity index (χ3v) is 2.92. The van der Waals surface area contributed by atoms with Crippen molar-refractivity contribution in [3.8, 4) is 5.88 Å². The Morgan fingerprint density at radius 3 is 2.82 bits per heavy atom. The van der Waals surface area contributed by atoms with Gasteiger partial charge in [-0.2, -0.15) is 4.37 Å². The number of anilines is 1. The Morgan fingerprint density at radius 1 is 1.47 bits per heavy atom. The van der Waals surface area contributed by atoms with Crippen molar-refractivity contribution in [2.75, 3.05) is 12.4 Å². The highest BCUT2D eigenvalue weighted by molar-refractivity contribution is 7.04. The molecule has 0 saturated carbocycles. The van der Waals surface area contributed by atoms with Crippen LogP contribution in [0.4, 0.5) is 5.69 Å². The van der Waals surface area contributed by atoms with Gasteiger partial charge in [0.05, 0.1) is 30.3 Å². The van der Waals surface area contributed by atoms with Gasteiger partial charge in [-0.15, -0.1) is 0 Å². The first-order valence-corrected chi connectivity index (χ1v) is 5.76. The molecule has 0 aliphatic rings. The molecule has 0 aromatic carbocycles. The maximum absolute atomic E-state index is 11.8. The number of pyridine rings is 1. The zero-order valence-corrected chi connectivity index (χ0v) is 10.2. The molecule has 2 aromatic rings. The van der Waals surface area contributed by atoms with Crippen molar-refractivity contribution < 1.29 is 9.53 Å². The second-order valence-corrected chi connectivity index (χ2v) is 3.99. The molecule has 0 unspecified atom stereocenters. The van der Waals surface area contributed by atoms with Crippen LogP contribution in [0, 0.1) is 6.92 Å². The first-order valence-electron chi connectivity index (χ1n) is 4.93. The minimum Gasteiger partial charge on any atom is -0.481 e. The number of hydrogen-bond donors (Lipinski definition) is 1. The molecule has 1 amide bonds. The number of aryl methyl sites for hydroxylation is 1. The van der Waals surface area contributed by atoms with Gasteiger partial charge >= 0.3 is 0 Å². The zero-order valence-electron chi connectivity index (χ0n) is 9.43. The topological polar surface area (TPSA) is 64.1 Å². The summed E-state index contributed by atoms with van der Waals surface area (Å²) < 4.78 is 8.99.